The number of aryl methyl sites for hydroxylation is 1. The summed E-state index contributed by atoms with van der Waals surface area (Å²) in [4.78, 5) is 12.5. The molecule has 0 aliphatic carbocycles. The molecule has 4 nitrogen and oxygen atoms in total. The van der Waals surface area contributed by atoms with E-state index in [9.17, 15) is 4.79 Å². The fourth-order valence-electron chi connectivity index (χ4n) is 3.51. The smallest absolute Gasteiger partial charge is 0.271 e. The largest absolute Gasteiger partial charge is 0.316 e. The van der Waals surface area contributed by atoms with Crippen LogP contribution in [-0.4, -0.2) is 16.7 Å². The van der Waals surface area contributed by atoms with Gasteiger partial charge in [-0.05, 0) is 61.0 Å². The van der Waals surface area contributed by atoms with Gasteiger partial charge in [0.2, 0.25) is 0 Å². The van der Waals surface area contributed by atoms with E-state index in [-0.39, 0.29) is 5.91 Å². The van der Waals surface area contributed by atoms with Crippen LogP contribution < -0.4 is 5.43 Å². The van der Waals surface area contributed by atoms with Gasteiger partial charge in [0, 0.05) is 27.5 Å². The average molecular weight is 436 g/mol. The van der Waals surface area contributed by atoms with Gasteiger partial charge in [-0.15, -0.1) is 0 Å². The van der Waals surface area contributed by atoms with E-state index < -0.39 is 0 Å². The lowest BCUT2D eigenvalue weighted by molar-refractivity contribution is 0.0955. The fourth-order valence-corrected chi connectivity index (χ4v) is 4.00. The fraction of sp³-hybridized carbons (Fsp3) is 0.0833. The highest BCUT2D eigenvalue weighted by Gasteiger charge is 2.12. The van der Waals surface area contributed by atoms with E-state index >= 15 is 0 Å². The first-order valence-corrected chi connectivity index (χ1v) is 10.2. The third-order valence-electron chi connectivity index (χ3n) is 5.00. The molecule has 0 aliphatic heterocycles. The summed E-state index contributed by atoms with van der Waals surface area (Å²) in [5, 5.41) is 7.41. The molecule has 1 heterocycles. The highest BCUT2D eigenvalue weighted by atomic mass is 35.5. The summed E-state index contributed by atoms with van der Waals surface area (Å²) < 4.78 is 2.03. The summed E-state index contributed by atoms with van der Waals surface area (Å²) in [6, 6.07) is 20.9. The van der Waals surface area contributed by atoms with Crippen LogP contribution in [0.5, 0.6) is 0 Å². The molecule has 6 heteroatoms. The topological polar surface area (TPSA) is 46.4 Å². The van der Waals surface area contributed by atoms with Crippen molar-refractivity contribution in [2.75, 3.05) is 0 Å². The van der Waals surface area contributed by atoms with Crippen LogP contribution in [0.2, 0.25) is 10.0 Å². The van der Waals surface area contributed by atoms with Crippen molar-refractivity contribution in [3.05, 3.63) is 99.3 Å². The summed E-state index contributed by atoms with van der Waals surface area (Å²) in [7, 11) is 0. The lowest BCUT2D eigenvalue weighted by Crippen LogP contribution is -2.17. The standard InChI is InChI=1S/C24H19Cl2N3O/c1-15-11-20(16(2)29(15)23-10-9-21(25)13-22(23)26)14-27-28-24(30)19-8-7-17-5-3-4-6-18(17)12-19/h3-14H,1-2H3,(H,28,30)/b27-14+. The van der Waals surface area contributed by atoms with E-state index in [1.165, 1.54) is 0 Å². The van der Waals surface area contributed by atoms with Crippen LogP contribution in [0, 0.1) is 13.8 Å². The van der Waals surface area contributed by atoms with Gasteiger partial charge in [0.1, 0.15) is 0 Å². The van der Waals surface area contributed by atoms with Crippen LogP contribution in [0.15, 0.2) is 71.8 Å². The molecule has 0 fully saturated rings. The minimum absolute atomic E-state index is 0.258. The number of halogens is 2. The van der Waals surface area contributed by atoms with E-state index in [2.05, 4.69) is 10.5 Å². The number of benzene rings is 3. The third kappa shape index (κ3) is 3.97. The molecule has 1 N–H and O–H groups in total. The van der Waals surface area contributed by atoms with E-state index in [0.29, 0.717) is 15.6 Å². The maximum atomic E-state index is 12.5. The van der Waals surface area contributed by atoms with Gasteiger partial charge < -0.3 is 4.57 Å². The Hall–Kier alpha value is -3.08. The zero-order valence-electron chi connectivity index (χ0n) is 16.5. The van der Waals surface area contributed by atoms with Crippen molar-refractivity contribution in [1.29, 1.82) is 0 Å². The lowest BCUT2D eigenvalue weighted by atomic mass is 10.1. The van der Waals surface area contributed by atoms with Crippen LogP contribution >= 0.6 is 23.2 Å². The number of nitrogens with zero attached hydrogens (tertiary/aromatic N) is 2. The normalized spacial score (nSPS) is 11.3. The Bertz CT molecular complexity index is 1290. The van der Waals surface area contributed by atoms with Crippen molar-refractivity contribution in [3.63, 3.8) is 0 Å². The first kappa shape index (κ1) is 20.2. The molecule has 4 aromatic rings. The number of carbonyl (C=O) groups excluding carboxylic acids is 1. The van der Waals surface area contributed by atoms with Crippen LogP contribution in [0.1, 0.15) is 27.3 Å². The number of aromatic nitrogens is 1. The Morgan fingerprint density at radius 2 is 1.73 bits per heavy atom. The Morgan fingerprint density at radius 3 is 2.50 bits per heavy atom. The molecular weight excluding hydrogens is 417 g/mol. The number of hydrogen-bond acceptors (Lipinski definition) is 2. The third-order valence-corrected chi connectivity index (χ3v) is 5.54. The van der Waals surface area contributed by atoms with Crippen LogP contribution in [0.25, 0.3) is 16.5 Å². The zero-order valence-corrected chi connectivity index (χ0v) is 18.0. The highest BCUT2D eigenvalue weighted by Crippen LogP contribution is 2.28. The maximum Gasteiger partial charge on any atom is 0.271 e. The molecule has 1 aromatic heterocycles. The van der Waals surface area contributed by atoms with Crippen molar-refractivity contribution in [2.45, 2.75) is 13.8 Å². The first-order valence-electron chi connectivity index (χ1n) is 9.40. The summed E-state index contributed by atoms with van der Waals surface area (Å²) in [5.74, 6) is -0.258. The van der Waals surface area contributed by atoms with Crippen molar-refractivity contribution in [3.8, 4) is 5.69 Å². The molecule has 1 amide bonds. The molecule has 0 unspecified atom stereocenters. The second kappa shape index (κ2) is 8.34. The van der Waals surface area contributed by atoms with E-state index in [1.807, 2.05) is 66.9 Å². The Morgan fingerprint density at radius 1 is 0.967 bits per heavy atom. The molecular formula is C24H19Cl2N3O. The number of hydrogen-bond donors (Lipinski definition) is 1. The molecule has 0 radical (unpaired) electrons. The van der Waals surface area contributed by atoms with Crippen LogP contribution in [-0.2, 0) is 0 Å². The molecule has 0 saturated heterocycles. The second-order valence-corrected chi connectivity index (χ2v) is 7.86. The molecule has 150 valence electrons. The average Bonchev–Trinajstić information content (AvgIpc) is 3.01. The highest BCUT2D eigenvalue weighted by molar-refractivity contribution is 6.35. The van der Waals surface area contributed by atoms with Gasteiger partial charge in [-0.3, -0.25) is 4.79 Å². The molecule has 0 bridgehead atoms. The monoisotopic (exact) mass is 435 g/mol. The van der Waals surface area contributed by atoms with Gasteiger partial charge in [0.05, 0.1) is 16.9 Å². The Balaban J connectivity index is 1.54. The predicted molar refractivity (Wildman–Crippen MR) is 124 cm³/mol. The summed E-state index contributed by atoms with van der Waals surface area (Å²) in [6.07, 6.45) is 1.64. The summed E-state index contributed by atoms with van der Waals surface area (Å²) >= 11 is 12.4. The van der Waals surface area contributed by atoms with Crippen molar-refractivity contribution in [1.82, 2.24) is 9.99 Å². The van der Waals surface area contributed by atoms with Gasteiger partial charge in [-0.2, -0.15) is 5.10 Å². The number of fused-ring (bicyclic) bond motifs is 1. The number of amides is 1. The maximum absolute atomic E-state index is 12.5. The number of nitrogens with one attached hydrogen (secondary N) is 1. The number of carbonyl (C=O) groups is 1. The van der Waals surface area contributed by atoms with Gasteiger partial charge in [-0.25, -0.2) is 5.43 Å². The van der Waals surface area contributed by atoms with Crippen molar-refractivity contribution in [2.24, 2.45) is 5.10 Å². The molecule has 30 heavy (non-hydrogen) atoms. The SMILES string of the molecule is Cc1cc(/C=N/NC(=O)c2ccc3ccccc3c2)c(C)n1-c1ccc(Cl)cc1Cl. The molecule has 3 aromatic carbocycles. The molecule has 0 spiro atoms. The summed E-state index contributed by atoms with van der Waals surface area (Å²) in [5.41, 5.74) is 6.85. The van der Waals surface area contributed by atoms with Gasteiger partial charge in [0.15, 0.2) is 0 Å². The molecule has 4 rings (SSSR count). The van der Waals surface area contributed by atoms with Crippen molar-refractivity contribution < 1.29 is 4.79 Å². The van der Waals surface area contributed by atoms with Crippen LogP contribution in [0.4, 0.5) is 0 Å². The second-order valence-electron chi connectivity index (χ2n) is 7.02. The van der Waals surface area contributed by atoms with Gasteiger partial charge in [-0.1, -0.05) is 53.5 Å². The van der Waals surface area contributed by atoms with Gasteiger partial charge in [0.25, 0.3) is 5.91 Å². The quantitative estimate of drug-likeness (QED) is 0.295. The van der Waals surface area contributed by atoms with Crippen molar-refractivity contribution >= 4 is 46.1 Å². The number of hydrazone groups is 1. The minimum atomic E-state index is -0.258. The van der Waals surface area contributed by atoms with Crippen LogP contribution in [0.3, 0.4) is 0 Å². The molecule has 0 aliphatic rings. The molecule has 0 atom stereocenters. The minimum Gasteiger partial charge on any atom is -0.316 e. The summed E-state index contributed by atoms with van der Waals surface area (Å²) in [6.45, 7) is 3.97. The lowest BCUT2D eigenvalue weighted by Gasteiger charge is -2.11. The number of rotatable bonds is 4. The molecule has 0 saturated carbocycles. The zero-order chi connectivity index (χ0) is 21.3. The Kier molecular flexibility index (Phi) is 5.62. The van der Waals surface area contributed by atoms with E-state index in [0.717, 1.165) is 33.4 Å². The first-order chi connectivity index (χ1) is 14.4. The predicted octanol–water partition coefficient (Wildman–Crippen LogP) is 6.32. The van der Waals surface area contributed by atoms with Gasteiger partial charge >= 0.3 is 0 Å². The Labute approximate surface area is 184 Å². The van der Waals surface area contributed by atoms with E-state index in [4.69, 9.17) is 23.2 Å². The van der Waals surface area contributed by atoms with E-state index in [1.54, 1.807) is 24.4 Å².